The van der Waals surface area contributed by atoms with Crippen LogP contribution in [-0.2, 0) is 14.3 Å². The van der Waals surface area contributed by atoms with Crippen LogP contribution in [0.15, 0.2) is 18.2 Å². The lowest BCUT2D eigenvalue weighted by Crippen LogP contribution is -2.54. The minimum absolute atomic E-state index is 0.0479. The van der Waals surface area contributed by atoms with Gasteiger partial charge in [-0.25, -0.2) is 0 Å². The van der Waals surface area contributed by atoms with Gasteiger partial charge < -0.3 is 29.7 Å². The van der Waals surface area contributed by atoms with Gasteiger partial charge in [-0.05, 0) is 49.8 Å². The van der Waals surface area contributed by atoms with Crippen molar-refractivity contribution in [3.8, 4) is 11.5 Å². The predicted octanol–water partition coefficient (Wildman–Crippen LogP) is 0.677. The van der Waals surface area contributed by atoms with E-state index < -0.39 is 6.04 Å². The Kier molecular flexibility index (Phi) is 6.08. The molecule has 1 saturated carbocycles. The number of methoxy groups -OCH3 is 1. The summed E-state index contributed by atoms with van der Waals surface area (Å²) >= 11 is 0. The van der Waals surface area contributed by atoms with Crippen LogP contribution in [-0.4, -0.2) is 68.3 Å². The molecule has 1 aliphatic carbocycles. The Hall–Kier alpha value is -2.81. The molecular formula is C21H27N3O6. The fourth-order valence-corrected chi connectivity index (χ4v) is 3.88. The Bertz CT molecular complexity index is 817. The maximum absolute atomic E-state index is 12.9. The van der Waals surface area contributed by atoms with Gasteiger partial charge in [-0.15, -0.1) is 0 Å². The summed E-state index contributed by atoms with van der Waals surface area (Å²) in [6.45, 7) is 1.27. The smallest absolute Gasteiger partial charge is 0.252 e. The van der Waals surface area contributed by atoms with Crippen molar-refractivity contribution in [3.05, 3.63) is 23.8 Å². The van der Waals surface area contributed by atoms with Crippen molar-refractivity contribution >= 4 is 17.7 Å². The Morgan fingerprint density at radius 2 is 1.87 bits per heavy atom. The van der Waals surface area contributed by atoms with E-state index >= 15 is 0 Å². The van der Waals surface area contributed by atoms with Crippen molar-refractivity contribution in [2.45, 2.75) is 37.8 Å². The minimum Gasteiger partial charge on any atom is -0.454 e. The van der Waals surface area contributed by atoms with Crippen molar-refractivity contribution in [2.75, 3.05) is 33.6 Å². The van der Waals surface area contributed by atoms with Gasteiger partial charge in [-0.1, -0.05) is 0 Å². The first-order valence-corrected chi connectivity index (χ1v) is 10.3. The monoisotopic (exact) mass is 417 g/mol. The van der Waals surface area contributed by atoms with Gasteiger partial charge in [0.25, 0.3) is 5.91 Å². The van der Waals surface area contributed by atoms with Gasteiger partial charge in [0, 0.05) is 31.8 Å². The molecule has 1 aromatic carbocycles. The molecule has 0 radical (unpaired) electrons. The number of nitrogens with zero attached hydrogens (tertiary/aromatic N) is 1. The number of hydrogen-bond donors (Lipinski definition) is 2. The third-order valence-corrected chi connectivity index (χ3v) is 5.76. The molecule has 0 spiro atoms. The molecule has 9 heteroatoms. The van der Waals surface area contributed by atoms with Crippen molar-refractivity contribution < 1.29 is 28.6 Å². The maximum Gasteiger partial charge on any atom is 0.252 e. The summed E-state index contributed by atoms with van der Waals surface area (Å²) in [7, 11) is 1.49. The van der Waals surface area contributed by atoms with Crippen molar-refractivity contribution in [1.29, 1.82) is 0 Å². The number of amides is 3. The van der Waals surface area contributed by atoms with Gasteiger partial charge >= 0.3 is 0 Å². The Labute approximate surface area is 175 Å². The molecule has 9 nitrogen and oxygen atoms in total. The molecule has 30 heavy (non-hydrogen) atoms. The first-order valence-electron chi connectivity index (χ1n) is 10.3. The van der Waals surface area contributed by atoms with Crippen LogP contribution in [0.4, 0.5) is 0 Å². The molecule has 4 rings (SSSR count). The van der Waals surface area contributed by atoms with Crippen molar-refractivity contribution in [2.24, 2.45) is 5.92 Å². The van der Waals surface area contributed by atoms with E-state index in [9.17, 15) is 14.4 Å². The molecule has 1 saturated heterocycles. The zero-order valence-electron chi connectivity index (χ0n) is 17.0. The summed E-state index contributed by atoms with van der Waals surface area (Å²) in [5, 5.41) is 5.93. The summed E-state index contributed by atoms with van der Waals surface area (Å²) in [6.07, 6.45) is 3.22. The third-order valence-electron chi connectivity index (χ3n) is 5.76. The molecule has 3 aliphatic rings. The highest BCUT2D eigenvalue weighted by Gasteiger charge is 2.36. The number of hydrogen-bond acceptors (Lipinski definition) is 6. The number of rotatable bonds is 7. The van der Waals surface area contributed by atoms with E-state index in [-0.39, 0.29) is 43.1 Å². The number of benzene rings is 1. The van der Waals surface area contributed by atoms with E-state index in [1.165, 1.54) is 7.11 Å². The average Bonchev–Trinajstić information content (AvgIpc) is 3.44. The number of carbonyl (C=O) groups is 3. The van der Waals surface area contributed by atoms with E-state index in [4.69, 9.17) is 14.2 Å². The molecule has 2 fully saturated rings. The second-order valence-corrected chi connectivity index (χ2v) is 7.95. The van der Waals surface area contributed by atoms with Gasteiger partial charge in [-0.2, -0.15) is 0 Å². The van der Waals surface area contributed by atoms with Crippen LogP contribution in [0, 0.1) is 5.92 Å². The predicted molar refractivity (Wildman–Crippen MR) is 106 cm³/mol. The summed E-state index contributed by atoms with van der Waals surface area (Å²) in [6, 6.07) is 4.52. The van der Waals surface area contributed by atoms with Gasteiger partial charge in [0.05, 0.1) is 0 Å². The third kappa shape index (κ3) is 4.67. The molecule has 2 heterocycles. The van der Waals surface area contributed by atoms with Gasteiger partial charge in [0.1, 0.15) is 12.6 Å². The standard InChI is InChI=1S/C21H27N3O6/c1-28-11-18(25)24-8-6-13(7-9-24)19(21(27)22-15-3-4-15)23-20(26)14-2-5-16-17(10-14)30-12-29-16/h2,5,10,13,15,19H,3-4,6-9,11-12H2,1H3,(H,22,27)(H,23,26). The van der Waals surface area contributed by atoms with Crippen LogP contribution in [0.1, 0.15) is 36.0 Å². The molecule has 1 unspecified atom stereocenters. The van der Waals surface area contributed by atoms with E-state index in [1.807, 2.05) is 0 Å². The first-order chi connectivity index (χ1) is 14.5. The van der Waals surface area contributed by atoms with Crippen LogP contribution in [0.2, 0.25) is 0 Å². The second-order valence-electron chi connectivity index (χ2n) is 7.95. The summed E-state index contributed by atoms with van der Waals surface area (Å²) in [5.41, 5.74) is 0.413. The quantitative estimate of drug-likeness (QED) is 0.676. The van der Waals surface area contributed by atoms with Crippen molar-refractivity contribution in [3.63, 3.8) is 0 Å². The van der Waals surface area contributed by atoms with Gasteiger partial charge in [0.15, 0.2) is 11.5 Å². The van der Waals surface area contributed by atoms with E-state index in [2.05, 4.69) is 10.6 Å². The van der Waals surface area contributed by atoms with Crippen LogP contribution < -0.4 is 20.1 Å². The lowest BCUT2D eigenvalue weighted by Gasteiger charge is -2.35. The Morgan fingerprint density at radius 3 is 2.57 bits per heavy atom. The Morgan fingerprint density at radius 1 is 1.13 bits per heavy atom. The van der Waals surface area contributed by atoms with Gasteiger partial charge in [0.2, 0.25) is 18.6 Å². The number of piperidine rings is 1. The van der Waals surface area contributed by atoms with Crippen LogP contribution in [0.5, 0.6) is 11.5 Å². The van der Waals surface area contributed by atoms with Crippen LogP contribution in [0.25, 0.3) is 0 Å². The number of likely N-dealkylation sites (tertiary alicyclic amines) is 1. The zero-order valence-corrected chi connectivity index (χ0v) is 17.0. The molecule has 0 aromatic heterocycles. The topological polar surface area (TPSA) is 106 Å². The molecule has 2 aliphatic heterocycles. The largest absolute Gasteiger partial charge is 0.454 e. The van der Waals surface area contributed by atoms with E-state index in [0.717, 1.165) is 12.8 Å². The number of ether oxygens (including phenoxy) is 3. The van der Waals surface area contributed by atoms with E-state index in [1.54, 1.807) is 23.1 Å². The molecule has 2 N–H and O–H groups in total. The maximum atomic E-state index is 12.9. The minimum atomic E-state index is -0.650. The average molecular weight is 417 g/mol. The van der Waals surface area contributed by atoms with E-state index in [0.29, 0.717) is 43.0 Å². The summed E-state index contributed by atoms with van der Waals surface area (Å²) in [4.78, 5) is 39.6. The fourth-order valence-electron chi connectivity index (χ4n) is 3.88. The SMILES string of the molecule is COCC(=O)N1CCC(C(NC(=O)c2ccc3c(c2)OCO3)C(=O)NC2CC2)CC1. The molecule has 0 bridgehead atoms. The Balaban J connectivity index is 1.43. The van der Waals surface area contributed by atoms with Crippen LogP contribution >= 0.6 is 0 Å². The number of nitrogens with one attached hydrogen (secondary N) is 2. The lowest BCUT2D eigenvalue weighted by atomic mass is 9.88. The number of fused-ring (bicyclic) bond motifs is 1. The summed E-state index contributed by atoms with van der Waals surface area (Å²) < 4.78 is 15.6. The highest BCUT2D eigenvalue weighted by atomic mass is 16.7. The first kappa shape index (κ1) is 20.5. The molecule has 162 valence electrons. The summed E-state index contributed by atoms with van der Waals surface area (Å²) in [5.74, 6) is 0.525. The molecule has 1 aromatic rings. The fraction of sp³-hybridized carbons (Fsp3) is 0.571. The molecule has 1 atom stereocenters. The lowest BCUT2D eigenvalue weighted by molar-refractivity contribution is -0.136. The molecular weight excluding hydrogens is 390 g/mol. The normalized spacial score (nSPS) is 19.3. The van der Waals surface area contributed by atoms with Crippen molar-refractivity contribution in [1.82, 2.24) is 15.5 Å². The zero-order chi connectivity index (χ0) is 21.1. The highest BCUT2D eigenvalue weighted by molar-refractivity contribution is 5.98. The molecule has 3 amide bonds. The number of carbonyl (C=O) groups excluding carboxylic acids is 3. The highest BCUT2D eigenvalue weighted by Crippen LogP contribution is 2.32. The van der Waals surface area contributed by atoms with Crippen LogP contribution in [0.3, 0.4) is 0 Å². The van der Waals surface area contributed by atoms with Gasteiger partial charge in [-0.3, -0.25) is 14.4 Å². The second kappa shape index (κ2) is 8.91.